The summed E-state index contributed by atoms with van der Waals surface area (Å²) in [5.74, 6) is 0.435. The first-order valence-electron chi connectivity index (χ1n) is 7.47. The van der Waals surface area contributed by atoms with Crippen LogP contribution in [0.25, 0.3) is 0 Å². The molecule has 2 aliphatic heterocycles. The molecule has 3 unspecified atom stereocenters. The summed E-state index contributed by atoms with van der Waals surface area (Å²) in [6.07, 6.45) is 5.01. The standard InChI is InChI=1S/C13H27N3O2S/c1-11-6-5-9-15(12(11)2)19(17,18)16-8-4-3-7-13(16)10-14/h11-13H,3-10,14H2,1-2H3. The summed E-state index contributed by atoms with van der Waals surface area (Å²) in [5, 5.41) is 0. The van der Waals surface area contributed by atoms with E-state index in [2.05, 4.69) is 6.92 Å². The Morgan fingerprint density at radius 3 is 2.42 bits per heavy atom. The van der Waals surface area contributed by atoms with E-state index in [0.717, 1.165) is 32.1 Å². The Morgan fingerprint density at radius 1 is 1.05 bits per heavy atom. The molecule has 0 aromatic carbocycles. The molecule has 5 nitrogen and oxygen atoms in total. The van der Waals surface area contributed by atoms with Crippen LogP contribution >= 0.6 is 0 Å². The molecule has 0 bridgehead atoms. The molecule has 0 amide bonds. The van der Waals surface area contributed by atoms with Gasteiger partial charge in [-0.05, 0) is 38.5 Å². The molecule has 2 rings (SSSR count). The molecule has 0 aromatic rings. The Morgan fingerprint density at radius 2 is 1.74 bits per heavy atom. The van der Waals surface area contributed by atoms with E-state index in [1.54, 1.807) is 8.61 Å². The molecular weight excluding hydrogens is 262 g/mol. The first kappa shape index (κ1) is 15.2. The molecule has 112 valence electrons. The van der Waals surface area contributed by atoms with E-state index in [1.165, 1.54) is 0 Å². The van der Waals surface area contributed by atoms with E-state index in [9.17, 15) is 8.42 Å². The minimum Gasteiger partial charge on any atom is -0.329 e. The summed E-state index contributed by atoms with van der Waals surface area (Å²) in [4.78, 5) is 0. The van der Waals surface area contributed by atoms with Gasteiger partial charge in [-0.15, -0.1) is 0 Å². The summed E-state index contributed by atoms with van der Waals surface area (Å²) in [5.41, 5.74) is 5.76. The summed E-state index contributed by atoms with van der Waals surface area (Å²) < 4.78 is 29.1. The van der Waals surface area contributed by atoms with Gasteiger partial charge >= 0.3 is 0 Å². The molecule has 0 radical (unpaired) electrons. The van der Waals surface area contributed by atoms with Crippen molar-refractivity contribution in [3.8, 4) is 0 Å². The van der Waals surface area contributed by atoms with Crippen LogP contribution in [0.4, 0.5) is 0 Å². The molecular formula is C13H27N3O2S. The van der Waals surface area contributed by atoms with E-state index in [0.29, 0.717) is 25.6 Å². The van der Waals surface area contributed by atoms with E-state index >= 15 is 0 Å². The van der Waals surface area contributed by atoms with Crippen molar-refractivity contribution in [3.63, 3.8) is 0 Å². The Kier molecular flexibility index (Phi) is 4.87. The van der Waals surface area contributed by atoms with Gasteiger partial charge in [-0.3, -0.25) is 0 Å². The number of nitrogens with two attached hydrogens (primary N) is 1. The van der Waals surface area contributed by atoms with Crippen LogP contribution in [0.2, 0.25) is 0 Å². The Bertz CT molecular complexity index is 385. The van der Waals surface area contributed by atoms with Crippen molar-refractivity contribution in [2.45, 2.75) is 58.0 Å². The van der Waals surface area contributed by atoms with Gasteiger partial charge in [-0.2, -0.15) is 17.0 Å². The summed E-state index contributed by atoms with van der Waals surface area (Å²) in [7, 11) is -3.34. The van der Waals surface area contributed by atoms with Crippen molar-refractivity contribution in [3.05, 3.63) is 0 Å². The highest BCUT2D eigenvalue weighted by molar-refractivity contribution is 7.86. The molecule has 0 aliphatic carbocycles. The lowest BCUT2D eigenvalue weighted by molar-refractivity contribution is 0.171. The van der Waals surface area contributed by atoms with Crippen LogP contribution in [0.1, 0.15) is 46.0 Å². The number of piperidine rings is 2. The minimum atomic E-state index is -3.34. The lowest BCUT2D eigenvalue weighted by Gasteiger charge is -2.42. The molecule has 2 N–H and O–H groups in total. The molecule has 2 fully saturated rings. The van der Waals surface area contributed by atoms with Crippen molar-refractivity contribution in [2.75, 3.05) is 19.6 Å². The maximum absolute atomic E-state index is 12.9. The smallest absolute Gasteiger partial charge is 0.282 e. The zero-order valence-electron chi connectivity index (χ0n) is 12.1. The minimum absolute atomic E-state index is 0.0109. The van der Waals surface area contributed by atoms with Crippen LogP contribution < -0.4 is 5.73 Å². The zero-order chi connectivity index (χ0) is 14.0. The van der Waals surface area contributed by atoms with Crippen LogP contribution in [0.5, 0.6) is 0 Å². The molecule has 2 heterocycles. The normalized spacial score (nSPS) is 35.4. The molecule has 3 atom stereocenters. The first-order chi connectivity index (χ1) is 8.98. The van der Waals surface area contributed by atoms with Crippen molar-refractivity contribution >= 4 is 10.2 Å². The van der Waals surface area contributed by atoms with Crippen LogP contribution in [0, 0.1) is 5.92 Å². The van der Waals surface area contributed by atoms with Crippen LogP contribution in [-0.4, -0.2) is 48.7 Å². The molecule has 2 aliphatic rings. The third kappa shape index (κ3) is 2.96. The van der Waals surface area contributed by atoms with E-state index in [1.807, 2.05) is 6.92 Å². The largest absolute Gasteiger partial charge is 0.329 e. The Labute approximate surface area is 117 Å². The summed E-state index contributed by atoms with van der Waals surface area (Å²) in [6, 6.07) is 0.0854. The van der Waals surface area contributed by atoms with Crippen LogP contribution in [0.3, 0.4) is 0 Å². The van der Waals surface area contributed by atoms with Crippen molar-refractivity contribution in [1.82, 2.24) is 8.61 Å². The first-order valence-corrected chi connectivity index (χ1v) is 8.87. The fourth-order valence-corrected chi connectivity index (χ4v) is 5.46. The van der Waals surface area contributed by atoms with Gasteiger partial charge in [0.25, 0.3) is 10.2 Å². The van der Waals surface area contributed by atoms with E-state index < -0.39 is 10.2 Å². The predicted molar refractivity (Wildman–Crippen MR) is 76.9 cm³/mol. The molecule has 0 saturated carbocycles. The van der Waals surface area contributed by atoms with Gasteiger partial charge in [0.05, 0.1) is 0 Å². The van der Waals surface area contributed by atoms with Gasteiger partial charge in [-0.25, -0.2) is 0 Å². The SMILES string of the molecule is CC1CCCN(S(=O)(=O)N2CCCCC2CN)C1C. The Hall–Kier alpha value is -0.170. The second kappa shape index (κ2) is 6.08. The number of nitrogens with zero attached hydrogens (tertiary/aromatic N) is 2. The maximum Gasteiger partial charge on any atom is 0.282 e. The molecule has 2 saturated heterocycles. The molecule has 19 heavy (non-hydrogen) atoms. The van der Waals surface area contributed by atoms with Crippen molar-refractivity contribution < 1.29 is 8.42 Å². The third-order valence-electron chi connectivity index (χ3n) is 4.75. The average Bonchev–Trinajstić information content (AvgIpc) is 2.41. The average molecular weight is 289 g/mol. The third-order valence-corrected chi connectivity index (χ3v) is 6.93. The maximum atomic E-state index is 12.9. The molecule has 6 heteroatoms. The number of hydrogen-bond donors (Lipinski definition) is 1. The monoisotopic (exact) mass is 289 g/mol. The summed E-state index contributed by atoms with van der Waals surface area (Å²) >= 11 is 0. The Balaban J connectivity index is 2.20. The van der Waals surface area contributed by atoms with Gasteiger partial charge in [0.15, 0.2) is 0 Å². The van der Waals surface area contributed by atoms with Gasteiger partial charge in [-0.1, -0.05) is 13.3 Å². The van der Waals surface area contributed by atoms with Gasteiger partial charge in [0.2, 0.25) is 0 Å². The topological polar surface area (TPSA) is 66.6 Å². The summed E-state index contributed by atoms with van der Waals surface area (Å²) in [6.45, 7) is 5.88. The number of hydrogen-bond acceptors (Lipinski definition) is 3. The quantitative estimate of drug-likeness (QED) is 0.848. The molecule has 0 aromatic heterocycles. The van der Waals surface area contributed by atoms with E-state index in [4.69, 9.17) is 5.73 Å². The van der Waals surface area contributed by atoms with Crippen LogP contribution in [0.15, 0.2) is 0 Å². The van der Waals surface area contributed by atoms with Crippen molar-refractivity contribution in [2.24, 2.45) is 11.7 Å². The zero-order valence-corrected chi connectivity index (χ0v) is 12.9. The second-order valence-corrected chi connectivity index (χ2v) is 7.81. The lowest BCUT2D eigenvalue weighted by atomic mass is 9.94. The van der Waals surface area contributed by atoms with Gasteiger partial charge in [0, 0.05) is 31.7 Å². The highest BCUT2D eigenvalue weighted by Crippen LogP contribution is 2.29. The van der Waals surface area contributed by atoms with Crippen molar-refractivity contribution in [1.29, 1.82) is 0 Å². The van der Waals surface area contributed by atoms with Gasteiger partial charge in [0.1, 0.15) is 0 Å². The van der Waals surface area contributed by atoms with Gasteiger partial charge < -0.3 is 5.73 Å². The molecule has 0 spiro atoms. The van der Waals surface area contributed by atoms with Crippen LogP contribution in [-0.2, 0) is 10.2 Å². The van der Waals surface area contributed by atoms with E-state index in [-0.39, 0.29) is 12.1 Å². The highest BCUT2D eigenvalue weighted by Gasteiger charge is 2.40. The fourth-order valence-electron chi connectivity index (χ4n) is 3.27. The lowest BCUT2D eigenvalue weighted by Crippen LogP contribution is -2.57. The predicted octanol–water partition coefficient (Wildman–Crippen LogP) is 1.16. The number of rotatable bonds is 3. The second-order valence-electron chi connectivity index (χ2n) is 5.97. The highest BCUT2D eigenvalue weighted by atomic mass is 32.2. The fraction of sp³-hybridized carbons (Fsp3) is 1.00.